The SMILES string of the molecule is Cc1cc2c(I)nn(C3CCCCO3)c2cc1N. The van der Waals surface area contributed by atoms with Crippen molar-refractivity contribution in [3.05, 3.63) is 21.4 Å². The van der Waals surface area contributed by atoms with E-state index >= 15 is 0 Å². The summed E-state index contributed by atoms with van der Waals surface area (Å²) in [6, 6.07) is 4.12. The van der Waals surface area contributed by atoms with Crippen LogP contribution in [0, 0.1) is 10.6 Å². The Hall–Kier alpha value is -0.820. The minimum absolute atomic E-state index is 0.0619. The number of rotatable bonds is 1. The summed E-state index contributed by atoms with van der Waals surface area (Å²) in [5.74, 6) is 0. The summed E-state index contributed by atoms with van der Waals surface area (Å²) in [5, 5.41) is 5.78. The monoisotopic (exact) mass is 357 g/mol. The fourth-order valence-corrected chi connectivity index (χ4v) is 3.07. The Kier molecular flexibility index (Phi) is 3.19. The molecule has 1 aliphatic rings. The second-order valence-corrected chi connectivity index (χ2v) is 5.80. The van der Waals surface area contributed by atoms with Crippen molar-refractivity contribution in [2.75, 3.05) is 12.3 Å². The second kappa shape index (κ2) is 4.70. The van der Waals surface area contributed by atoms with Crippen LogP contribution in [-0.2, 0) is 4.74 Å². The Morgan fingerprint density at radius 2 is 2.28 bits per heavy atom. The van der Waals surface area contributed by atoms with Gasteiger partial charge < -0.3 is 10.5 Å². The highest BCUT2D eigenvalue weighted by atomic mass is 127. The minimum Gasteiger partial charge on any atom is -0.398 e. The van der Waals surface area contributed by atoms with E-state index in [-0.39, 0.29) is 6.23 Å². The highest BCUT2D eigenvalue weighted by molar-refractivity contribution is 14.1. The molecule has 0 spiro atoms. The third-order valence-corrected chi connectivity index (χ3v) is 4.27. The van der Waals surface area contributed by atoms with Crippen LogP contribution in [0.15, 0.2) is 12.1 Å². The summed E-state index contributed by atoms with van der Waals surface area (Å²) in [6.07, 6.45) is 3.44. The van der Waals surface area contributed by atoms with Crippen molar-refractivity contribution in [2.24, 2.45) is 0 Å². The first-order valence-electron chi connectivity index (χ1n) is 6.22. The smallest absolute Gasteiger partial charge is 0.150 e. The van der Waals surface area contributed by atoms with Gasteiger partial charge >= 0.3 is 0 Å². The van der Waals surface area contributed by atoms with E-state index < -0.39 is 0 Å². The maximum absolute atomic E-state index is 6.01. The summed E-state index contributed by atoms with van der Waals surface area (Å²) in [5.41, 5.74) is 9.00. The molecule has 2 heterocycles. The molecule has 1 aromatic heterocycles. The van der Waals surface area contributed by atoms with Gasteiger partial charge in [-0.1, -0.05) is 0 Å². The molecule has 0 aliphatic carbocycles. The fourth-order valence-electron chi connectivity index (χ4n) is 2.41. The van der Waals surface area contributed by atoms with Gasteiger partial charge in [-0.25, -0.2) is 4.68 Å². The number of aromatic nitrogens is 2. The molecule has 0 saturated carbocycles. The van der Waals surface area contributed by atoms with Crippen LogP contribution in [-0.4, -0.2) is 16.4 Å². The van der Waals surface area contributed by atoms with Crippen LogP contribution < -0.4 is 5.73 Å². The van der Waals surface area contributed by atoms with Crippen molar-refractivity contribution in [1.29, 1.82) is 0 Å². The van der Waals surface area contributed by atoms with Gasteiger partial charge in [-0.2, -0.15) is 5.10 Å². The maximum atomic E-state index is 6.01. The van der Waals surface area contributed by atoms with E-state index in [1.54, 1.807) is 0 Å². The van der Waals surface area contributed by atoms with Crippen molar-refractivity contribution < 1.29 is 4.74 Å². The molecule has 0 amide bonds. The van der Waals surface area contributed by atoms with Crippen molar-refractivity contribution in [2.45, 2.75) is 32.4 Å². The number of anilines is 1. The predicted octanol–water partition coefficient (Wildman–Crippen LogP) is 3.23. The van der Waals surface area contributed by atoms with E-state index in [4.69, 9.17) is 10.5 Å². The zero-order valence-corrected chi connectivity index (χ0v) is 12.5. The van der Waals surface area contributed by atoms with Crippen LogP contribution in [0.4, 0.5) is 5.69 Å². The second-order valence-electron chi connectivity index (χ2n) is 4.78. The van der Waals surface area contributed by atoms with Crippen LogP contribution in [0.25, 0.3) is 10.9 Å². The largest absolute Gasteiger partial charge is 0.398 e. The molecule has 1 saturated heterocycles. The van der Waals surface area contributed by atoms with Gasteiger partial charge in [-0.15, -0.1) is 0 Å². The first-order chi connectivity index (χ1) is 8.66. The zero-order valence-electron chi connectivity index (χ0n) is 10.3. The lowest BCUT2D eigenvalue weighted by Crippen LogP contribution is -2.19. The van der Waals surface area contributed by atoms with E-state index in [1.807, 2.05) is 17.7 Å². The maximum Gasteiger partial charge on any atom is 0.150 e. The molecule has 1 fully saturated rings. The molecule has 4 nitrogen and oxygen atoms in total. The topological polar surface area (TPSA) is 53.1 Å². The number of nitrogens with two attached hydrogens (primary N) is 1. The number of fused-ring (bicyclic) bond motifs is 1. The van der Waals surface area contributed by atoms with Crippen LogP contribution in [0.3, 0.4) is 0 Å². The van der Waals surface area contributed by atoms with Gasteiger partial charge in [-0.3, -0.25) is 0 Å². The molecular formula is C13H16IN3O. The zero-order chi connectivity index (χ0) is 12.7. The van der Waals surface area contributed by atoms with Crippen LogP contribution in [0.2, 0.25) is 0 Å². The van der Waals surface area contributed by atoms with Gasteiger partial charge in [-0.05, 0) is 66.5 Å². The third kappa shape index (κ3) is 1.99. The average Bonchev–Trinajstić information content (AvgIpc) is 2.69. The van der Waals surface area contributed by atoms with Gasteiger partial charge in [0.05, 0.1) is 5.52 Å². The van der Waals surface area contributed by atoms with E-state index in [2.05, 4.69) is 33.8 Å². The number of halogens is 1. The lowest BCUT2D eigenvalue weighted by molar-refractivity contribution is -0.0368. The summed E-state index contributed by atoms with van der Waals surface area (Å²) in [7, 11) is 0. The van der Waals surface area contributed by atoms with Gasteiger partial charge in [0.15, 0.2) is 6.23 Å². The third-order valence-electron chi connectivity index (χ3n) is 3.48. The number of hydrogen-bond acceptors (Lipinski definition) is 3. The van der Waals surface area contributed by atoms with Crippen molar-refractivity contribution in [3.63, 3.8) is 0 Å². The van der Waals surface area contributed by atoms with E-state index in [1.165, 1.54) is 6.42 Å². The first-order valence-corrected chi connectivity index (χ1v) is 7.30. The van der Waals surface area contributed by atoms with Gasteiger partial charge in [0.25, 0.3) is 0 Å². The lowest BCUT2D eigenvalue weighted by atomic mass is 10.1. The normalized spacial score (nSPS) is 20.4. The summed E-state index contributed by atoms with van der Waals surface area (Å²) in [4.78, 5) is 0. The first kappa shape index (κ1) is 12.2. The number of nitrogen functional groups attached to an aromatic ring is 1. The molecule has 0 radical (unpaired) electrons. The molecular weight excluding hydrogens is 341 g/mol. The Morgan fingerprint density at radius 1 is 1.44 bits per heavy atom. The summed E-state index contributed by atoms with van der Waals surface area (Å²) < 4.78 is 8.82. The molecule has 2 aromatic rings. The van der Waals surface area contributed by atoms with Gasteiger partial charge in [0, 0.05) is 17.7 Å². The van der Waals surface area contributed by atoms with Gasteiger partial charge in [0.2, 0.25) is 0 Å². The summed E-state index contributed by atoms with van der Waals surface area (Å²) in [6.45, 7) is 2.85. The minimum atomic E-state index is 0.0619. The Morgan fingerprint density at radius 3 is 3.00 bits per heavy atom. The predicted molar refractivity (Wildman–Crippen MR) is 80.4 cm³/mol. The Balaban J connectivity index is 2.14. The molecule has 1 aliphatic heterocycles. The van der Waals surface area contributed by atoms with Crippen LogP contribution in [0.1, 0.15) is 31.1 Å². The molecule has 3 rings (SSSR count). The van der Waals surface area contributed by atoms with Crippen molar-refractivity contribution in [3.8, 4) is 0 Å². The Labute approximate surface area is 120 Å². The number of nitrogens with zero attached hydrogens (tertiary/aromatic N) is 2. The number of benzene rings is 1. The van der Waals surface area contributed by atoms with Crippen molar-refractivity contribution >= 4 is 39.2 Å². The molecule has 18 heavy (non-hydrogen) atoms. The van der Waals surface area contributed by atoms with Crippen molar-refractivity contribution in [1.82, 2.24) is 9.78 Å². The molecule has 96 valence electrons. The number of ether oxygens (including phenoxy) is 1. The quantitative estimate of drug-likeness (QED) is 0.630. The average molecular weight is 357 g/mol. The molecule has 1 aromatic carbocycles. The fraction of sp³-hybridized carbons (Fsp3) is 0.462. The molecule has 1 unspecified atom stereocenters. The molecule has 1 atom stereocenters. The Bertz CT molecular complexity index is 587. The standard InChI is InChI=1S/C13H16IN3O/c1-8-6-9-11(7-10(8)15)17(16-13(9)14)12-4-2-3-5-18-12/h6-7,12H,2-5,15H2,1H3. The van der Waals surface area contributed by atoms with Crippen LogP contribution in [0.5, 0.6) is 0 Å². The van der Waals surface area contributed by atoms with Crippen LogP contribution >= 0.6 is 22.6 Å². The van der Waals surface area contributed by atoms with E-state index in [0.29, 0.717) is 0 Å². The van der Waals surface area contributed by atoms with Gasteiger partial charge in [0.1, 0.15) is 3.70 Å². The molecule has 0 bridgehead atoms. The van der Waals surface area contributed by atoms with E-state index in [0.717, 1.165) is 45.3 Å². The molecule has 2 N–H and O–H groups in total. The highest BCUT2D eigenvalue weighted by Gasteiger charge is 2.20. The number of aryl methyl sites for hydroxylation is 1. The summed E-state index contributed by atoms with van der Waals surface area (Å²) >= 11 is 2.28. The molecule has 5 heteroatoms. The number of hydrogen-bond donors (Lipinski definition) is 1. The highest BCUT2D eigenvalue weighted by Crippen LogP contribution is 2.31. The van der Waals surface area contributed by atoms with E-state index in [9.17, 15) is 0 Å². The lowest BCUT2D eigenvalue weighted by Gasteiger charge is -2.23.